The monoisotopic (exact) mass is 466 g/mol. The second-order valence-corrected chi connectivity index (χ2v) is 9.70. The molecule has 0 fully saturated rings. The fraction of sp³-hybridized carbons (Fsp3) is 0.320. The number of carbonyl (C=O) groups is 2. The molecule has 33 heavy (non-hydrogen) atoms. The Morgan fingerprint density at radius 2 is 1.76 bits per heavy atom. The number of benzene rings is 2. The molecule has 1 aliphatic heterocycles. The van der Waals surface area contributed by atoms with Crippen LogP contribution in [0.5, 0.6) is 17.2 Å². The first-order valence-electron chi connectivity index (χ1n) is 10.6. The standard InChI is InChI=1S/C25H26N2O5S/c1-25(2,3)24(29)32-19-11-8-16(14-20(19)31-5)27-13-12-18-21(23(27)28)33-22(26-18)15-6-9-17(30-4)10-7-15/h6-11,14H,12-13H2,1-5H3. The van der Waals surface area contributed by atoms with E-state index in [1.807, 2.05) is 24.3 Å². The van der Waals surface area contributed by atoms with E-state index in [1.165, 1.54) is 18.4 Å². The van der Waals surface area contributed by atoms with E-state index in [9.17, 15) is 9.59 Å². The molecule has 2 heterocycles. The quantitative estimate of drug-likeness (QED) is 0.390. The molecule has 0 saturated carbocycles. The average Bonchev–Trinajstić information content (AvgIpc) is 3.24. The summed E-state index contributed by atoms with van der Waals surface area (Å²) in [5.74, 6) is 1.03. The molecule has 3 aromatic rings. The number of carbonyl (C=O) groups excluding carboxylic acids is 2. The number of esters is 1. The highest BCUT2D eigenvalue weighted by molar-refractivity contribution is 7.17. The van der Waals surface area contributed by atoms with Crippen molar-refractivity contribution in [2.75, 3.05) is 25.7 Å². The van der Waals surface area contributed by atoms with Gasteiger partial charge in [-0.15, -0.1) is 11.3 Å². The van der Waals surface area contributed by atoms with Crippen LogP contribution in [0.4, 0.5) is 5.69 Å². The summed E-state index contributed by atoms with van der Waals surface area (Å²) < 4.78 is 16.2. The number of rotatable bonds is 5. The van der Waals surface area contributed by atoms with Crippen molar-refractivity contribution in [3.05, 3.63) is 53.0 Å². The van der Waals surface area contributed by atoms with Crippen LogP contribution in [0.15, 0.2) is 42.5 Å². The molecule has 0 radical (unpaired) electrons. The van der Waals surface area contributed by atoms with Gasteiger partial charge < -0.3 is 19.1 Å². The number of hydrogen-bond donors (Lipinski definition) is 0. The second kappa shape index (κ2) is 8.86. The minimum absolute atomic E-state index is 0.102. The molecular weight excluding hydrogens is 440 g/mol. The van der Waals surface area contributed by atoms with E-state index in [-0.39, 0.29) is 11.9 Å². The van der Waals surface area contributed by atoms with E-state index in [0.717, 1.165) is 22.0 Å². The molecule has 8 heteroatoms. The van der Waals surface area contributed by atoms with Gasteiger partial charge in [0.25, 0.3) is 5.91 Å². The van der Waals surface area contributed by atoms with E-state index < -0.39 is 5.41 Å². The molecule has 0 spiro atoms. The van der Waals surface area contributed by atoms with E-state index in [1.54, 1.807) is 51.0 Å². The highest BCUT2D eigenvalue weighted by atomic mass is 32.1. The molecule has 2 aromatic carbocycles. The van der Waals surface area contributed by atoms with Crippen LogP contribution in [0.1, 0.15) is 36.1 Å². The Balaban J connectivity index is 1.59. The molecule has 1 aromatic heterocycles. The highest BCUT2D eigenvalue weighted by Gasteiger charge is 2.31. The first-order valence-corrected chi connectivity index (χ1v) is 11.4. The van der Waals surface area contributed by atoms with Gasteiger partial charge in [0.05, 0.1) is 25.3 Å². The summed E-state index contributed by atoms with van der Waals surface area (Å²) in [6, 6.07) is 12.8. The van der Waals surface area contributed by atoms with Crippen molar-refractivity contribution in [3.63, 3.8) is 0 Å². The zero-order valence-electron chi connectivity index (χ0n) is 19.3. The van der Waals surface area contributed by atoms with Crippen molar-refractivity contribution >= 4 is 28.9 Å². The number of amides is 1. The number of aromatic nitrogens is 1. The van der Waals surface area contributed by atoms with Crippen molar-refractivity contribution in [1.82, 2.24) is 4.98 Å². The summed E-state index contributed by atoms with van der Waals surface area (Å²) in [4.78, 5) is 32.6. The molecule has 0 atom stereocenters. The highest BCUT2D eigenvalue weighted by Crippen LogP contribution is 2.37. The van der Waals surface area contributed by atoms with E-state index in [4.69, 9.17) is 19.2 Å². The molecule has 1 amide bonds. The lowest BCUT2D eigenvalue weighted by atomic mass is 9.97. The van der Waals surface area contributed by atoms with Crippen LogP contribution in [0.25, 0.3) is 10.6 Å². The van der Waals surface area contributed by atoms with Gasteiger partial charge >= 0.3 is 5.97 Å². The molecule has 0 aliphatic carbocycles. The second-order valence-electron chi connectivity index (χ2n) is 8.70. The van der Waals surface area contributed by atoms with Gasteiger partial charge in [0.15, 0.2) is 11.5 Å². The zero-order valence-corrected chi connectivity index (χ0v) is 20.1. The Kier molecular flexibility index (Phi) is 6.12. The van der Waals surface area contributed by atoms with Gasteiger partial charge in [-0.3, -0.25) is 9.59 Å². The zero-order chi connectivity index (χ0) is 23.8. The first-order chi connectivity index (χ1) is 15.7. The molecule has 4 rings (SSSR count). The maximum Gasteiger partial charge on any atom is 0.316 e. The van der Waals surface area contributed by atoms with Gasteiger partial charge in [0.2, 0.25) is 0 Å². The summed E-state index contributed by atoms with van der Waals surface area (Å²) in [7, 11) is 3.13. The van der Waals surface area contributed by atoms with Crippen molar-refractivity contribution in [1.29, 1.82) is 0 Å². The normalized spacial score (nSPS) is 13.5. The molecule has 1 aliphatic rings. The number of ether oxygens (including phenoxy) is 3. The largest absolute Gasteiger partial charge is 0.497 e. The summed E-state index contributed by atoms with van der Waals surface area (Å²) in [6.07, 6.45) is 0.650. The van der Waals surface area contributed by atoms with Gasteiger partial charge in [-0.1, -0.05) is 0 Å². The fourth-order valence-corrected chi connectivity index (χ4v) is 4.46. The van der Waals surface area contributed by atoms with Gasteiger partial charge in [-0.05, 0) is 57.2 Å². The third-order valence-electron chi connectivity index (χ3n) is 5.32. The predicted octanol–water partition coefficient (Wildman–Crippen LogP) is 4.98. The molecule has 0 bridgehead atoms. The Morgan fingerprint density at radius 3 is 2.39 bits per heavy atom. The van der Waals surface area contributed by atoms with Crippen LogP contribution in [0.3, 0.4) is 0 Å². The van der Waals surface area contributed by atoms with E-state index in [2.05, 4.69) is 0 Å². The molecule has 7 nitrogen and oxygen atoms in total. The first kappa shape index (κ1) is 22.8. The SMILES string of the molecule is COc1ccc(-c2nc3c(s2)C(=O)N(c2ccc(OC(=O)C(C)(C)C)c(OC)c2)CC3)cc1. The summed E-state index contributed by atoms with van der Waals surface area (Å²) in [6.45, 7) is 5.86. The smallest absolute Gasteiger partial charge is 0.316 e. The van der Waals surface area contributed by atoms with Gasteiger partial charge in [0, 0.05) is 30.3 Å². The predicted molar refractivity (Wildman–Crippen MR) is 128 cm³/mol. The van der Waals surface area contributed by atoms with Crippen molar-refractivity contribution < 1.29 is 23.8 Å². The number of anilines is 1. The van der Waals surface area contributed by atoms with Crippen LogP contribution in [-0.2, 0) is 11.2 Å². The number of thiazole rings is 1. The Hall–Kier alpha value is -3.39. The van der Waals surface area contributed by atoms with Crippen LogP contribution in [0.2, 0.25) is 0 Å². The lowest BCUT2D eigenvalue weighted by Gasteiger charge is -2.27. The fourth-order valence-electron chi connectivity index (χ4n) is 3.39. The number of fused-ring (bicyclic) bond motifs is 1. The summed E-state index contributed by atoms with van der Waals surface area (Å²) in [5, 5.41) is 0.805. The number of nitrogens with zero attached hydrogens (tertiary/aromatic N) is 2. The molecule has 172 valence electrons. The van der Waals surface area contributed by atoms with Gasteiger partial charge in [-0.2, -0.15) is 0 Å². The lowest BCUT2D eigenvalue weighted by molar-refractivity contribution is -0.143. The molecular formula is C25H26N2O5S. The maximum atomic E-state index is 13.3. The van der Waals surface area contributed by atoms with Crippen LogP contribution in [0, 0.1) is 5.41 Å². The van der Waals surface area contributed by atoms with Crippen LogP contribution >= 0.6 is 11.3 Å². The summed E-state index contributed by atoms with van der Waals surface area (Å²) in [5.41, 5.74) is 1.80. The lowest BCUT2D eigenvalue weighted by Crippen LogP contribution is -2.36. The third-order valence-corrected chi connectivity index (χ3v) is 6.45. The van der Waals surface area contributed by atoms with Gasteiger partial charge in [-0.25, -0.2) is 4.98 Å². The van der Waals surface area contributed by atoms with Crippen LogP contribution < -0.4 is 19.1 Å². The maximum absolute atomic E-state index is 13.3. The molecule has 0 N–H and O–H groups in total. The minimum Gasteiger partial charge on any atom is -0.497 e. The topological polar surface area (TPSA) is 78.0 Å². The Morgan fingerprint density at radius 1 is 1.03 bits per heavy atom. The minimum atomic E-state index is -0.642. The Bertz CT molecular complexity index is 1190. The van der Waals surface area contributed by atoms with Crippen molar-refractivity contribution in [2.45, 2.75) is 27.2 Å². The van der Waals surface area contributed by atoms with Crippen LogP contribution in [-0.4, -0.2) is 37.6 Å². The number of methoxy groups -OCH3 is 2. The van der Waals surface area contributed by atoms with Crippen molar-refractivity contribution in [2.24, 2.45) is 5.41 Å². The molecule has 0 unspecified atom stereocenters. The van der Waals surface area contributed by atoms with E-state index in [0.29, 0.717) is 35.0 Å². The van der Waals surface area contributed by atoms with Gasteiger partial charge in [0.1, 0.15) is 15.6 Å². The number of hydrogen-bond acceptors (Lipinski definition) is 7. The average molecular weight is 467 g/mol. The summed E-state index contributed by atoms with van der Waals surface area (Å²) >= 11 is 1.39. The Labute approximate surface area is 196 Å². The van der Waals surface area contributed by atoms with Crippen molar-refractivity contribution in [3.8, 4) is 27.8 Å². The van der Waals surface area contributed by atoms with E-state index >= 15 is 0 Å². The molecule has 0 saturated heterocycles. The third kappa shape index (κ3) is 4.57.